The molecular weight excluding hydrogens is 328 g/mol. The third kappa shape index (κ3) is 2.50. The standard InChI is InChI=1S/C14H13BrO3S/c1-17-8-2-3-11-9(6-8)10(16)7-12(18-11)13-4-5-14(15)19-13/h2-6,10,12,16H,7H2,1H3/t10-,12?/m1/s1. The van der Waals surface area contributed by atoms with Crippen molar-refractivity contribution >= 4 is 27.3 Å². The summed E-state index contributed by atoms with van der Waals surface area (Å²) in [6, 6.07) is 9.56. The fourth-order valence-corrected chi connectivity index (χ4v) is 3.69. The Morgan fingerprint density at radius 2 is 2.21 bits per heavy atom. The summed E-state index contributed by atoms with van der Waals surface area (Å²) >= 11 is 5.08. The SMILES string of the molecule is COc1ccc2c(c1)[C@H](O)CC(c1ccc(Br)s1)O2. The summed E-state index contributed by atoms with van der Waals surface area (Å²) in [7, 11) is 1.61. The zero-order valence-corrected chi connectivity index (χ0v) is 12.7. The van der Waals surface area contributed by atoms with Gasteiger partial charge in [0.25, 0.3) is 0 Å². The average Bonchev–Trinajstić information content (AvgIpc) is 2.85. The van der Waals surface area contributed by atoms with Crippen LogP contribution in [0.5, 0.6) is 11.5 Å². The number of aliphatic hydroxyl groups is 1. The van der Waals surface area contributed by atoms with E-state index in [1.54, 1.807) is 18.4 Å². The van der Waals surface area contributed by atoms with E-state index in [0.717, 1.165) is 25.7 Å². The van der Waals surface area contributed by atoms with E-state index in [2.05, 4.69) is 15.9 Å². The molecule has 1 aromatic carbocycles. The quantitative estimate of drug-likeness (QED) is 0.895. The van der Waals surface area contributed by atoms with E-state index in [9.17, 15) is 5.11 Å². The number of halogens is 1. The number of benzene rings is 1. The molecule has 5 heteroatoms. The normalized spacial score (nSPS) is 21.6. The number of aliphatic hydroxyl groups excluding tert-OH is 1. The van der Waals surface area contributed by atoms with Crippen LogP contribution in [0.1, 0.15) is 29.1 Å². The van der Waals surface area contributed by atoms with Gasteiger partial charge in [0.15, 0.2) is 0 Å². The van der Waals surface area contributed by atoms with Crippen molar-refractivity contribution in [1.29, 1.82) is 0 Å². The molecule has 1 aliphatic rings. The fourth-order valence-electron chi connectivity index (χ4n) is 2.23. The topological polar surface area (TPSA) is 38.7 Å². The van der Waals surface area contributed by atoms with Gasteiger partial charge in [-0.15, -0.1) is 11.3 Å². The van der Waals surface area contributed by atoms with Gasteiger partial charge in [0.2, 0.25) is 0 Å². The lowest BCUT2D eigenvalue weighted by atomic mass is 9.98. The maximum absolute atomic E-state index is 10.3. The summed E-state index contributed by atoms with van der Waals surface area (Å²) in [6.45, 7) is 0. The number of fused-ring (bicyclic) bond motifs is 1. The van der Waals surface area contributed by atoms with Gasteiger partial charge in [0.1, 0.15) is 17.6 Å². The predicted molar refractivity (Wildman–Crippen MR) is 78.0 cm³/mol. The van der Waals surface area contributed by atoms with Crippen molar-refractivity contribution in [2.24, 2.45) is 0 Å². The molecule has 2 atom stereocenters. The molecule has 0 saturated heterocycles. The number of thiophene rings is 1. The Morgan fingerprint density at radius 3 is 2.89 bits per heavy atom. The van der Waals surface area contributed by atoms with Gasteiger partial charge in [0.05, 0.1) is 17.0 Å². The Balaban J connectivity index is 1.92. The molecule has 1 N–H and O–H groups in total. The van der Waals surface area contributed by atoms with Gasteiger partial charge in [-0.3, -0.25) is 0 Å². The highest BCUT2D eigenvalue weighted by atomic mass is 79.9. The van der Waals surface area contributed by atoms with E-state index in [4.69, 9.17) is 9.47 Å². The van der Waals surface area contributed by atoms with Crippen molar-refractivity contribution in [3.05, 3.63) is 44.6 Å². The molecule has 0 amide bonds. The van der Waals surface area contributed by atoms with E-state index >= 15 is 0 Å². The van der Waals surface area contributed by atoms with Gasteiger partial charge in [-0.2, -0.15) is 0 Å². The number of methoxy groups -OCH3 is 1. The van der Waals surface area contributed by atoms with Crippen molar-refractivity contribution in [2.75, 3.05) is 7.11 Å². The molecule has 0 aliphatic carbocycles. The Labute approximate surface area is 123 Å². The average molecular weight is 341 g/mol. The third-order valence-electron chi connectivity index (χ3n) is 3.19. The van der Waals surface area contributed by atoms with Crippen LogP contribution in [-0.2, 0) is 0 Å². The molecule has 0 radical (unpaired) electrons. The number of ether oxygens (including phenoxy) is 2. The molecule has 0 fully saturated rings. The van der Waals surface area contributed by atoms with Crippen molar-refractivity contribution < 1.29 is 14.6 Å². The Bertz CT molecular complexity index is 596. The Hall–Kier alpha value is -1.04. The first-order chi connectivity index (χ1) is 9.17. The van der Waals surface area contributed by atoms with Crippen LogP contribution in [0.2, 0.25) is 0 Å². The zero-order valence-electron chi connectivity index (χ0n) is 10.3. The molecule has 0 bridgehead atoms. The first-order valence-corrected chi connectivity index (χ1v) is 7.56. The fraction of sp³-hybridized carbons (Fsp3) is 0.286. The van der Waals surface area contributed by atoms with Crippen molar-refractivity contribution in [3.63, 3.8) is 0 Å². The van der Waals surface area contributed by atoms with Gasteiger partial charge < -0.3 is 14.6 Å². The monoisotopic (exact) mass is 340 g/mol. The van der Waals surface area contributed by atoms with Gasteiger partial charge in [-0.05, 0) is 46.3 Å². The minimum atomic E-state index is -0.523. The van der Waals surface area contributed by atoms with E-state index in [1.165, 1.54) is 0 Å². The Morgan fingerprint density at radius 1 is 1.37 bits per heavy atom. The van der Waals surface area contributed by atoms with Crippen LogP contribution >= 0.6 is 27.3 Å². The maximum Gasteiger partial charge on any atom is 0.136 e. The van der Waals surface area contributed by atoms with Crippen LogP contribution < -0.4 is 9.47 Å². The summed E-state index contributed by atoms with van der Waals surface area (Å²) < 4.78 is 12.2. The lowest BCUT2D eigenvalue weighted by Gasteiger charge is -2.29. The van der Waals surface area contributed by atoms with Crippen LogP contribution in [0.4, 0.5) is 0 Å². The largest absolute Gasteiger partial charge is 0.497 e. The molecule has 1 unspecified atom stereocenters. The highest BCUT2D eigenvalue weighted by Gasteiger charge is 2.29. The third-order valence-corrected chi connectivity index (χ3v) is 4.91. The smallest absolute Gasteiger partial charge is 0.136 e. The summed E-state index contributed by atoms with van der Waals surface area (Å²) in [5.74, 6) is 1.47. The lowest BCUT2D eigenvalue weighted by Crippen LogP contribution is -2.18. The van der Waals surface area contributed by atoms with Crippen LogP contribution in [0.15, 0.2) is 34.1 Å². The van der Waals surface area contributed by atoms with Crippen molar-refractivity contribution in [3.8, 4) is 11.5 Å². The first kappa shape index (κ1) is 13.0. The molecule has 1 aromatic heterocycles. The molecular formula is C14H13BrO3S. The van der Waals surface area contributed by atoms with Gasteiger partial charge in [0, 0.05) is 16.9 Å². The van der Waals surface area contributed by atoms with Crippen molar-refractivity contribution in [2.45, 2.75) is 18.6 Å². The van der Waals surface area contributed by atoms with Crippen molar-refractivity contribution in [1.82, 2.24) is 0 Å². The molecule has 2 aromatic rings. The van der Waals surface area contributed by atoms with E-state index in [0.29, 0.717) is 6.42 Å². The summed E-state index contributed by atoms with van der Waals surface area (Å²) in [5, 5.41) is 10.3. The van der Waals surface area contributed by atoms with Crippen LogP contribution in [0, 0.1) is 0 Å². The van der Waals surface area contributed by atoms with Crippen LogP contribution in [0.25, 0.3) is 0 Å². The maximum atomic E-state index is 10.3. The zero-order chi connectivity index (χ0) is 13.4. The molecule has 0 spiro atoms. The van der Waals surface area contributed by atoms with Crippen LogP contribution in [0.3, 0.4) is 0 Å². The van der Waals surface area contributed by atoms with Gasteiger partial charge in [-0.25, -0.2) is 0 Å². The molecule has 0 saturated carbocycles. The van der Waals surface area contributed by atoms with E-state index in [-0.39, 0.29) is 6.10 Å². The first-order valence-electron chi connectivity index (χ1n) is 5.95. The second-order valence-electron chi connectivity index (χ2n) is 4.40. The molecule has 2 heterocycles. The lowest BCUT2D eigenvalue weighted by molar-refractivity contribution is 0.0671. The Kier molecular flexibility index (Phi) is 3.52. The summed E-state index contributed by atoms with van der Waals surface area (Å²) in [4.78, 5) is 1.12. The second-order valence-corrected chi connectivity index (χ2v) is 6.90. The number of hydrogen-bond acceptors (Lipinski definition) is 4. The minimum Gasteiger partial charge on any atom is -0.497 e. The molecule has 100 valence electrons. The van der Waals surface area contributed by atoms with E-state index in [1.807, 2.05) is 30.3 Å². The predicted octanol–water partition coefficient (Wildman–Crippen LogP) is 4.08. The highest BCUT2D eigenvalue weighted by molar-refractivity contribution is 9.11. The van der Waals surface area contributed by atoms with Gasteiger partial charge >= 0.3 is 0 Å². The summed E-state index contributed by atoms with van der Waals surface area (Å²) in [5.41, 5.74) is 0.797. The minimum absolute atomic E-state index is 0.0906. The van der Waals surface area contributed by atoms with E-state index < -0.39 is 6.10 Å². The molecule has 3 nitrogen and oxygen atoms in total. The number of hydrogen-bond donors (Lipinski definition) is 1. The van der Waals surface area contributed by atoms with Crippen LogP contribution in [-0.4, -0.2) is 12.2 Å². The molecule has 1 aliphatic heterocycles. The number of rotatable bonds is 2. The second kappa shape index (κ2) is 5.15. The summed E-state index contributed by atoms with van der Waals surface area (Å²) in [6.07, 6.45) is -0.0513. The van der Waals surface area contributed by atoms with Gasteiger partial charge in [-0.1, -0.05) is 0 Å². The highest BCUT2D eigenvalue weighted by Crippen LogP contribution is 2.44. The molecule has 19 heavy (non-hydrogen) atoms. The molecule has 3 rings (SSSR count).